The lowest BCUT2D eigenvalue weighted by Crippen LogP contribution is -2.30. The van der Waals surface area contributed by atoms with Crippen molar-refractivity contribution in [1.82, 2.24) is 10.2 Å². The van der Waals surface area contributed by atoms with Crippen LogP contribution in [-0.4, -0.2) is 41.9 Å². The van der Waals surface area contributed by atoms with E-state index in [-0.39, 0.29) is 22.2 Å². The van der Waals surface area contributed by atoms with Gasteiger partial charge in [-0.1, -0.05) is 25.4 Å². The van der Waals surface area contributed by atoms with E-state index in [1.165, 1.54) is 18.2 Å². The van der Waals surface area contributed by atoms with E-state index >= 15 is 0 Å². The summed E-state index contributed by atoms with van der Waals surface area (Å²) in [5.41, 5.74) is -0.0126. The molecule has 0 heterocycles. The molecule has 7 heteroatoms. The number of amides is 1. The van der Waals surface area contributed by atoms with Gasteiger partial charge >= 0.3 is 0 Å². The fourth-order valence-corrected chi connectivity index (χ4v) is 2.14. The third-order valence-corrected chi connectivity index (χ3v) is 3.57. The Bertz CT molecular complexity index is 504. The number of nitrogens with one attached hydrogen (secondary N) is 1. The maximum absolute atomic E-state index is 12.0. The second-order valence-electron chi connectivity index (χ2n) is 4.56. The highest BCUT2D eigenvalue weighted by Gasteiger charge is 2.15. The first kappa shape index (κ1) is 17.4. The molecule has 0 aromatic heterocycles. The number of non-ortho nitro benzene ring substituents is 1. The maximum atomic E-state index is 12.0. The van der Waals surface area contributed by atoms with Gasteiger partial charge in [0.25, 0.3) is 11.6 Å². The fraction of sp³-hybridized carbons (Fsp3) is 0.500. The van der Waals surface area contributed by atoms with Gasteiger partial charge in [0.05, 0.1) is 15.5 Å². The van der Waals surface area contributed by atoms with Gasteiger partial charge in [0.1, 0.15) is 0 Å². The van der Waals surface area contributed by atoms with Crippen LogP contribution < -0.4 is 5.32 Å². The lowest BCUT2D eigenvalue weighted by Gasteiger charge is -2.17. The summed E-state index contributed by atoms with van der Waals surface area (Å²) in [5.74, 6) is -0.386. The molecular weight excluding hydrogens is 294 g/mol. The number of carbonyl (C=O) groups excluding carboxylic acids is 1. The van der Waals surface area contributed by atoms with Gasteiger partial charge in [0, 0.05) is 18.7 Å². The summed E-state index contributed by atoms with van der Waals surface area (Å²) in [5, 5.41) is 13.7. The summed E-state index contributed by atoms with van der Waals surface area (Å²) < 4.78 is 0. The minimum absolute atomic E-state index is 0.133. The van der Waals surface area contributed by atoms with Crippen LogP contribution in [-0.2, 0) is 0 Å². The minimum atomic E-state index is -0.548. The molecule has 0 fully saturated rings. The van der Waals surface area contributed by atoms with E-state index in [0.29, 0.717) is 6.54 Å². The molecule has 1 rings (SSSR count). The Morgan fingerprint density at radius 2 is 2.05 bits per heavy atom. The molecule has 0 aliphatic carbocycles. The Labute approximate surface area is 129 Å². The van der Waals surface area contributed by atoms with Gasteiger partial charge in [-0.15, -0.1) is 0 Å². The number of carbonyl (C=O) groups is 1. The normalized spacial score (nSPS) is 10.7. The summed E-state index contributed by atoms with van der Waals surface area (Å²) in [7, 11) is 0. The number of nitro groups is 1. The molecule has 0 atom stereocenters. The first-order chi connectivity index (χ1) is 9.99. The molecule has 1 amide bonds. The monoisotopic (exact) mass is 313 g/mol. The number of benzene rings is 1. The van der Waals surface area contributed by atoms with Gasteiger partial charge in [-0.3, -0.25) is 14.9 Å². The zero-order valence-electron chi connectivity index (χ0n) is 12.3. The van der Waals surface area contributed by atoms with Gasteiger partial charge in [0.2, 0.25) is 0 Å². The highest BCUT2D eigenvalue weighted by Crippen LogP contribution is 2.21. The molecule has 1 aromatic carbocycles. The summed E-state index contributed by atoms with van der Waals surface area (Å²) in [6.45, 7) is 7.53. The van der Waals surface area contributed by atoms with Crippen molar-refractivity contribution in [2.45, 2.75) is 20.3 Å². The summed E-state index contributed by atoms with van der Waals surface area (Å²) in [6, 6.07) is 3.84. The van der Waals surface area contributed by atoms with E-state index in [2.05, 4.69) is 24.1 Å². The van der Waals surface area contributed by atoms with Crippen molar-refractivity contribution in [1.29, 1.82) is 0 Å². The Hall–Kier alpha value is -1.66. The zero-order valence-corrected chi connectivity index (χ0v) is 13.0. The van der Waals surface area contributed by atoms with Crippen LogP contribution in [0.4, 0.5) is 5.69 Å². The quantitative estimate of drug-likeness (QED) is 0.455. The lowest BCUT2D eigenvalue weighted by atomic mass is 10.2. The van der Waals surface area contributed by atoms with E-state index < -0.39 is 4.92 Å². The highest BCUT2D eigenvalue weighted by molar-refractivity contribution is 6.33. The van der Waals surface area contributed by atoms with Gasteiger partial charge in [-0.25, -0.2) is 0 Å². The van der Waals surface area contributed by atoms with Crippen molar-refractivity contribution in [2.24, 2.45) is 0 Å². The van der Waals surface area contributed by atoms with Crippen LogP contribution in [0.15, 0.2) is 18.2 Å². The molecule has 0 aliphatic heterocycles. The summed E-state index contributed by atoms with van der Waals surface area (Å²) >= 11 is 5.91. The van der Waals surface area contributed by atoms with E-state index in [4.69, 9.17) is 11.6 Å². The molecule has 0 radical (unpaired) electrons. The Morgan fingerprint density at radius 1 is 1.38 bits per heavy atom. The standard InChI is InChI=1S/C14H20ClN3O3/c1-3-17(4-2)9-5-8-16-14(19)12-10-11(18(20)21)6-7-13(12)15/h6-7,10H,3-5,8-9H2,1-2H3,(H,16,19). The SMILES string of the molecule is CCN(CC)CCCNC(=O)c1cc([N+](=O)[O-])ccc1Cl. The first-order valence-corrected chi connectivity index (χ1v) is 7.31. The first-order valence-electron chi connectivity index (χ1n) is 6.94. The van der Waals surface area contributed by atoms with Gasteiger partial charge < -0.3 is 10.2 Å². The Morgan fingerprint density at radius 3 is 2.62 bits per heavy atom. The van der Waals surface area contributed by atoms with Crippen LogP contribution in [0.1, 0.15) is 30.6 Å². The molecule has 1 aromatic rings. The Balaban J connectivity index is 2.56. The van der Waals surface area contributed by atoms with E-state index in [9.17, 15) is 14.9 Å². The van der Waals surface area contributed by atoms with Crippen molar-refractivity contribution >= 4 is 23.2 Å². The molecule has 0 unspecified atom stereocenters. The van der Waals surface area contributed by atoms with E-state index in [1.54, 1.807) is 0 Å². The predicted octanol–water partition coefficient (Wildman–Crippen LogP) is 2.71. The molecule has 0 spiro atoms. The topological polar surface area (TPSA) is 75.5 Å². The van der Waals surface area contributed by atoms with Gasteiger partial charge in [0.15, 0.2) is 0 Å². The number of hydrogen-bond donors (Lipinski definition) is 1. The number of hydrogen-bond acceptors (Lipinski definition) is 4. The van der Waals surface area contributed by atoms with Crippen LogP contribution in [0, 0.1) is 10.1 Å². The molecular formula is C14H20ClN3O3. The average Bonchev–Trinajstić information content (AvgIpc) is 2.47. The smallest absolute Gasteiger partial charge is 0.270 e. The number of nitrogens with zero attached hydrogens (tertiary/aromatic N) is 2. The van der Waals surface area contributed by atoms with Gasteiger partial charge in [-0.2, -0.15) is 0 Å². The number of nitro benzene ring substituents is 1. The van der Waals surface area contributed by atoms with Crippen LogP contribution >= 0.6 is 11.6 Å². The second kappa shape index (κ2) is 8.59. The van der Waals surface area contributed by atoms with Crippen molar-refractivity contribution < 1.29 is 9.72 Å². The summed E-state index contributed by atoms with van der Waals surface area (Å²) in [6.07, 6.45) is 0.819. The van der Waals surface area contributed by atoms with E-state index in [1.807, 2.05) is 0 Å². The number of halogens is 1. The van der Waals surface area contributed by atoms with Gasteiger partial charge in [-0.05, 0) is 32.1 Å². The lowest BCUT2D eigenvalue weighted by molar-refractivity contribution is -0.384. The van der Waals surface area contributed by atoms with Crippen LogP contribution in [0.2, 0.25) is 5.02 Å². The summed E-state index contributed by atoms with van der Waals surface area (Å²) in [4.78, 5) is 24.4. The van der Waals surface area contributed by atoms with Crippen LogP contribution in [0.25, 0.3) is 0 Å². The number of rotatable bonds is 8. The Kier molecular flexibility index (Phi) is 7.11. The molecule has 21 heavy (non-hydrogen) atoms. The largest absolute Gasteiger partial charge is 0.352 e. The van der Waals surface area contributed by atoms with Crippen molar-refractivity contribution in [3.63, 3.8) is 0 Å². The molecule has 6 nitrogen and oxygen atoms in total. The highest BCUT2D eigenvalue weighted by atomic mass is 35.5. The molecule has 0 saturated heterocycles. The third kappa shape index (κ3) is 5.32. The predicted molar refractivity (Wildman–Crippen MR) is 82.8 cm³/mol. The maximum Gasteiger partial charge on any atom is 0.270 e. The average molecular weight is 314 g/mol. The van der Waals surface area contributed by atoms with Crippen molar-refractivity contribution in [3.8, 4) is 0 Å². The minimum Gasteiger partial charge on any atom is -0.352 e. The van der Waals surface area contributed by atoms with Crippen molar-refractivity contribution in [3.05, 3.63) is 38.9 Å². The third-order valence-electron chi connectivity index (χ3n) is 3.24. The van der Waals surface area contributed by atoms with Crippen LogP contribution in [0.5, 0.6) is 0 Å². The molecule has 116 valence electrons. The molecule has 1 N–H and O–H groups in total. The fourth-order valence-electron chi connectivity index (χ4n) is 1.94. The van der Waals surface area contributed by atoms with Crippen molar-refractivity contribution in [2.75, 3.05) is 26.2 Å². The molecule has 0 bridgehead atoms. The molecule has 0 aliphatic rings. The van der Waals surface area contributed by atoms with E-state index in [0.717, 1.165) is 26.1 Å². The zero-order chi connectivity index (χ0) is 15.8. The van der Waals surface area contributed by atoms with Crippen LogP contribution in [0.3, 0.4) is 0 Å². The molecule has 0 saturated carbocycles. The second-order valence-corrected chi connectivity index (χ2v) is 4.96.